The van der Waals surface area contributed by atoms with Crippen LogP contribution in [0.5, 0.6) is 0 Å². The maximum atomic E-state index is 13.0. The topological polar surface area (TPSA) is 38.9 Å². The van der Waals surface area contributed by atoms with Crippen molar-refractivity contribution >= 4 is 39.7 Å². The number of hydrogen-bond donors (Lipinski definition) is 0. The molecule has 0 atom stereocenters. The lowest BCUT2D eigenvalue weighted by atomic mass is 10.1. The minimum atomic E-state index is -0.373. The highest BCUT2D eigenvalue weighted by Crippen LogP contribution is 2.21. The predicted octanol–water partition coefficient (Wildman–Crippen LogP) is 5.69. The van der Waals surface area contributed by atoms with Gasteiger partial charge in [0.15, 0.2) is 0 Å². The zero-order valence-electron chi connectivity index (χ0n) is 12.8. The minimum absolute atomic E-state index is 0.330. The van der Waals surface area contributed by atoms with Crippen LogP contribution < -0.4 is 0 Å². The summed E-state index contributed by atoms with van der Waals surface area (Å²) in [5, 5.41) is 8.35. The van der Waals surface area contributed by atoms with Crippen molar-refractivity contribution in [3.8, 4) is 0 Å². The average Bonchev–Trinajstić information content (AvgIpc) is 2.98. The van der Waals surface area contributed by atoms with Gasteiger partial charge in [0.1, 0.15) is 5.82 Å². The summed E-state index contributed by atoms with van der Waals surface area (Å²) >= 11 is 9.45. The van der Waals surface area contributed by atoms with Gasteiger partial charge < -0.3 is 4.42 Å². The molecule has 122 valence electrons. The van der Waals surface area contributed by atoms with Gasteiger partial charge in [-0.05, 0) is 47.9 Å². The van der Waals surface area contributed by atoms with Crippen LogP contribution in [0.25, 0.3) is 12.2 Å². The molecule has 0 aliphatic heterocycles. The third kappa shape index (κ3) is 4.10. The second kappa shape index (κ2) is 7.28. The van der Waals surface area contributed by atoms with Gasteiger partial charge in [-0.3, -0.25) is 0 Å². The summed E-state index contributed by atoms with van der Waals surface area (Å²) in [4.78, 5) is 0. The first-order valence-corrected chi connectivity index (χ1v) is 8.39. The Balaban J connectivity index is 1.73. The van der Waals surface area contributed by atoms with Gasteiger partial charge in [0.25, 0.3) is 0 Å². The van der Waals surface area contributed by atoms with Crippen molar-refractivity contribution < 1.29 is 8.81 Å². The van der Waals surface area contributed by atoms with Crippen LogP contribution in [0.2, 0.25) is 5.02 Å². The molecule has 1 aromatic heterocycles. The number of halogens is 3. The van der Waals surface area contributed by atoms with Gasteiger partial charge in [0.05, 0.1) is 11.4 Å². The Morgan fingerprint density at radius 2 is 2.00 bits per heavy atom. The van der Waals surface area contributed by atoms with Crippen molar-refractivity contribution in [3.63, 3.8) is 0 Å². The van der Waals surface area contributed by atoms with E-state index < -0.39 is 0 Å². The molecule has 3 nitrogen and oxygen atoms in total. The fraction of sp³-hybridized carbons (Fsp3) is 0.111. The molecular formula is C18H13BrClFN2O. The summed E-state index contributed by atoms with van der Waals surface area (Å²) in [7, 11) is 0. The van der Waals surface area contributed by atoms with E-state index in [9.17, 15) is 4.39 Å². The van der Waals surface area contributed by atoms with Crippen molar-refractivity contribution in [3.05, 3.63) is 80.2 Å². The number of benzene rings is 2. The first-order chi connectivity index (χ1) is 11.5. The van der Waals surface area contributed by atoms with Crippen LogP contribution in [0.3, 0.4) is 0 Å². The molecule has 0 unspecified atom stereocenters. The number of aromatic nitrogens is 2. The Hall–Kier alpha value is -1.98. The van der Waals surface area contributed by atoms with Crippen LogP contribution >= 0.6 is 27.5 Å². The first-order valence-electron chi connectivity index (χ1n) is 7.22. The summed E-state index contributed by atoms with van der Waals surface area (Å²) in [5.41, 5.74) is 2.93. The molecule has 2 aromatic carbocycles. The molecule has 3 rings (SSSR count). The lowest BCUT2D eigenvalue weighted by Gasteiger charge is -2.01. The summed E-state index contributed by atoms with van der Waals surface area (Å²) in [5.74, 6) is 0.530. The van der Waals surface area contributed by atoms with Crippen molar-refractivity contribution in [1.29, 1.82) is 0 Å². The molecule has 0 fully saturated rings. The maximum absolute atomic E-state index is 13.0. The monoisotopic (exact) mass is 406 g/mol. The van der Waals surface area contributed by atoms with E-state index >= 15 is 0 Å². The average molecular weight is 408 g/mol. The van der Waals surface area contributed by atoms with E-state index in [1.165, 1.54) is 12.1 Å². The molecule has 1 heterocycles. The quantitative estimate of drug-likeness (QED) is 0.557. The molecule has 0 aliphatic rings. The largest absolute Gasteiger partial charge is 0.421 e. The van der Waals surface area contributed by atoms with E-state index in [-0.39, 0.29) is 5.82 Å². The van der Waals surface area contributed by atoms with Gasteiger partial charge >= 0.3 is 0 Å². The number of hydrogen-bond acceptors (Lipinski definition) is 3. The Kier molecular flexibility index (Phi) is 5.11. The van der Waals surface area contributed by atoms with Gasteiger partial charge in [-0.1, -0.05) is 45.7 Å². The van der Waals surface area contributed by atoms with E-state index in [2.05, 4.69) is 32.2 Å². The molecule has 0 amide bonds. The van der Waals surface area contributed by atoms with E-state index in [1.807, 2.05) is 19.1 Å². The SMILES string of the molecule is Cc1cc(Cc2nnc(/C=C/c3ccc(F)cc3Cl)o2)ccc1Br. The Morgan fingerprint density at radius 1 is 1.17 bits per heavy atom. The third-order valence-electron chi connectivity index (χ3n) is 3.43. The van der Waals surface area contributed by atoms with Crippen molar-refractivity contribution in [2.75, 3.05) is 0 Å². The highest BCUT2D eigenvalue weighted by molar-refractivity contribution is 9.10. The lowest BCUT2D eigenvalue weighted by Crippen LogP contribution is -1.89. The number of aryl methyl sites for hydroxylation is 1. The highest BCUT2D eigenvalue weighted by Gasteiger charge is 2.06. The van der Waals surface area contributed by atoms with Crippen LogP contribution in [-0.2, 0) is 6.42 Å². The van der Waals surface area contributed by atoms with E-state index in [4.69, 9.17) is 16.0 Å². The van der Waals surface area contributed by atoms with Crippen molar-refractivity contribution in [2.45, 2.75) is 13.3 Å². The maximum Gasteiger partial charge on any atom is 0.240 e. The molecule has 0 aliphatic carbocycles. The number of nitrogens with zero attached hydrogens (tertiary/aromatic N) is 2. The molecule has 0 N–H and O–H groups in total. The van der Waals surface area contributed by atoms with Gasteiger partial charge in [-0.2, -0.15) is 0 Å². The van der Waals surface area contributed by atoms with Crippen LogP contribution in [0.15, 0.2) is 45.3 Å². The van der Waals surface area contributed by atoms with Crippen LogP contribution in [0.4, 0.5) is 4.39 Å². The Morgan fingerprint density at radius 3 is 2.75 bits per heavy atom. The first kappa shape index (κ1) is 16.9. The van der Waals surface area contributed by atoms with E-state index in [1.54, 1.807) is 18.2 Å². The normalized spacial score (nSPS) is 11.3. The van der Waals surface area contributed by atoms with E-state index in [0.29, 0.717) is 28.8 Å². The molecular weight excluding hydrogens is 395 g/mol. The Labute approximate surface area is 152 Å². The standard InChI is InChI=1S/C18H13BrClFN2O/c1-11-8-12(2-6-15(11)19)9-18-23-22-17(24-18)7-4-13-3-5-14(21)10-16(13)20/h2-8,10H,9H2,1H3/b7-4+. The molecule has 0 saturated carbocycles. The second-order valence-corrected chi connectivity index (χ2v) is 6.56. The van der Waals surface area contributed by atoms with Crippen LogP contribution in [0.1, 0.15) is 28.5 Å². The third-order valence-corrected chi connectivity index (χ3v) is 4.65. The summed E-state index contributed by atoms with van der Waals surface area (Å²) in [6.45, 7) is 2.03. The van der Waals surface area contributed by atoms with Crippen molar-refractivity contribution in [1.82, 2.24) is 10.2 Å². The minimum Gasteiger partial charge on any atom is -0.421 e. The van der Waals surface area contributed by atoms with Crippen LogP contribution in [-0.4, -0.2) is 10.2 Å². The molecule has 0 radical (unpaired) electrons. The fourth-order valence-corrected chi connectivity index (χ4v) is 2.67. The summed E-state index contributed by atoms with van der Waals surface area (Å²) in [6.07, 6.45) is 3.93. The molecule has 6 heteroatoms. The highest BCUT2D eigenvalue weighted by atomic mass is 79.9. The van der Waals surface area contributed by atoms with Gasteiger partial charge in [-0.15, -0.1) is 10.2 Å². The predicted molar refractivity (Wildman–Crippen MR) is 96.3 cm³/mol. The zero-order valence-corrected chi connectivity index (χ0v) is 15.1. The van der Waals surface area contributed by atoms with Gasteiger partial charge in [0, 0.05) is 10.5 Å². The Bertz CT molecular complexity index is 908. The van der Waals surface area contributed by atoms with Crippen LogP contribution in [0, 0.1) is 12.7 Å². The molecule has 3 aromatic rings. The fourth-order valence-electron chi connectivity index (χ4n) is 2.19. The lowest BCUT2D eigenvalue weighted by molar-refractivity contribution is 0.496. The molecule has 24 heavy (non-hydrogen) atoms. The smallest absolute Gasteiger partial charge is 0.240 e. The second-order valence-electron chi connectivity index (χ2n) is 5.29. The summed E-state index contributed by atoms with van der Waals surface area (Å²) in [6, 6.07) is 10.3. The zero-order chi connectivity index (χ0) is 17.1. The molecule has 0 bridgehead atoms. The molecule has 0 spiro atoms. The molecule has 0 saturated heterocycles. The van der Waals surface area contributed by atoms with Gasteiger partial charge in [0.2, 0.25) is 11.8 Å². The van der Waals surface area contributed by atoms with E-state index in [0.717, 1.165) is 15.6 Å². The summed E-state index contributed by atoms with van der Waals surface area (Å²) < 4.78 is 19.7. The van der Waals surface area contributed by atoms with Gasteiger partial charge in [-0.25, -0.2) is 4.39 Å². The number of rotatable bonds is 4. The van der Waals surface area contributed by atoms with Crippen molar-refractivity contribution in [2.24, 2.45) is 0 Å².